The van der Waals surface area contributed by atoms with Crippen molar-refractivity contribution in [3.63, 3.8) is 0 Å². The second kappa shape index (κ2) is 4.10. The van der Waals surface area contributed by atoms with Gasteiger partial charge in [-0.25, -0.2) is 0 Å². The van der Waals surface area contributed by atoms with E-state index < -0.39 is 0 Å². The highest BCUT2D eigenvalue weighted by atomic mass is 16.5. The molecule has 0 saturated heterocycles. The summed E-state index contributed by atoms with van der Waals surface area (Å²) in [6.07, 6.45) is 1.52. The predicted octanol–water partition coefficient (Wildman–Crippen LogP) is 3.96. The van der Waals surface area contributed by atoms with Crippen molar-refractivity contribution in [2.45, 2.75) is 5.92 Å². The third-order valence-corrected chi connectivity index (χ3v) is 3.34. The van der Waals surface area contributed by atoms with E-state index in [0.717, 1.165) is 0 Å². The molecule has 84 valence electrons. The number of benzene rings is 2. The minimum atomic E-state index is 0.334. The molecule has 1 nitrogen and oxygen atoms in total. The van der Waals surface area contributed by atoms with E-state index in [9.17, 15) is 0 Å². The van der Waals surface area contributed by atoms with Crippen LogP contribution in [0.2, 0.25) is 0 Å². The summed E-state index contributed by atoms with van der Waals surface area (Å²) in [6, 6.07) is 17.1. The predicted molar refractivity (Wildman–Crippen MR) is 69.9 cm³/mol. The second-order valence-electron chi connectivity index (χ2n) is 4.23. The molecule has 1 aliphatic rings. The first-order chi connectivity index (χ1) is 8.42. The lowest BCUT2D eigenvalue weighted by atomic mass is 9.98. The molecule has 0 radical (unpaired) electrons. The highest BCUT2D eigenvalue weighted by Gasteiger charge is 2.27. The molecule has 0 atom stereocenters. The third-order valence-electron chi connectivity index (χ3n) is 3.34. The lowest BCUT2D eigenvalue weighted by Crippen LogP contribution is -2.03. The first-order valence-corrected chi connectivity index (χ1v) is 5.82. The second-order valence-corrected chi connectivity index (χ2v) is 4.23. The van der Waals surface area contributed by atoms with Crippen LogP contribution in [-0.4, -0.2) is 6.61 Å². The zero-order valence-electron chi connectivity index (χ0n) is 9.60. The summed E-state index contributed by atoms with van der Waals surface area (Å²) in [6.45, 7) is 4.28. The maximum Gasteiger partial charge on any atom is 0.0982 e. The van der Waals surface area contributed by atoms with Gasteiger partial charge in [-0.1, -0.05) is 55.1 Å². The van der Waals surface area contributed by atoms with Crippen molar-refractivity contribution in [2.75, 3.05) is 6.61 Å². The van der Waals surface area contributed by atoms with Crippen LogP contribution < -0.4 is 0 Å². The summed E-state index contributed by atoms with van der Waals surface area (Å²) >= 11 is 0. The lowest BCUT2D eigenvalue weighted by Gasteiger charge is -2.12. The molecule has 1 heteroatoms. The van der Waals surface area contributed by atoms with Gasteiger partial charge in [0, 0.05) is 5.92 Å². The van der Waals surface area contributed by atoms with Crippen molar-refractivity contribution in [1.82, 2.24) is 0 Å². The SMILES string of the molecule is C=COCC1c2ccccc2-c2ccccc21. The van der Waals surface area contributed by atoms with E-state index in [1.54, 1.807) is 0 Å². The molecule has 0 amide bonds. The molecule has 17 heavy (non-hydrogen) atoms. The minimum Gasteiger partial charge on any atom is -0.501 e. The van der Waals surface area contributed by atoms with Gasteiger partial charge in [-0.15, -0.1) is 0 Å². The smallest absolute Gasteiger partial charge is 0.0982 e. The molecule has 0 fully saturated rings. The van der Waals surface area contributed by atoms with E-state index in [-0.39, 0.29) is 0 Å². The Bertz CT molecular complexity index is 511. The molecule has 0 bridgehead atoms. The summed E-state index contributed by atoms with van der Waals surface area (Å²) in [7, 11) is 0. The van der Waals surface area contributed by atoms with Crippen molar-refractivity contribution in [3.8, 4) is 11.1 Å². The fourth-order valence-corrected chi connectivity index (χ4v) is 2.60. The summed E-state index contributed by atoms with van der Waals surface area (Å²) < 4.78 is 5.40. The first-order valence-electron chi connectivity index (χ1n) is 5.82. The number of rotatable bonds is 3. The molecule has 0 N–H and O–H groups in total. The summed E-state index contributed by atoms with van der Waals surface area (Å²) in [5.74, 6) is 0.334. The van der Waals surface area contributed by atoms with E-state index in [4.69, 9.17) is 4.74 Å². The Labute approximate surface area is 101 Å². The Kier molecular flexibility index (Phi) is 2.45. The fraction of sp³-hybridized carbons (Fsp3) is 0.125. The normalized spacial score (nSPS) is 12.9. The molecule has 0 saturated carbocycles. The van der Waals surface area contributed by atoms with Crippen LogP contribution in [0.15, 0.2) is 61.4 Å². The molecular formula is C16H14O. The average molecular weight is 222 g/mol. The number of fused-ring (bicyclic) bond motifs is 3. The van der Waals surface area contributed by atoms with Gasteiger partial charge in [0.05, 0.1) is 12.9 Å². The zero-order chi connectivity index (χ0) is 11.7. The van der Waals surface area contributed by atoms with Gasteiger partial charge in [0.15, 0.2) is 0 Å². The van der Waals surface area contributed by atoms with E-state index in [0.29, 0.717) is 12.5 Å². The highest BCUT2D eigenvalue weighted by Crippen LogP contribution is 2.44. The molecule has 0 unspecified atom stereocenters. The quantitative estimate of drug-likeness (QED) is 0.714. The van der Waals surface area contributed by atoms with Crippen LogP contribution in [-0.2, 0) is 4.74 Å². The van der Waals surface area contributed by atoms with Crippen LogP contribution in [0.25, 0.3) is 11.1 Å². The van der Waals surface area contributed by atoms with E-state index in [2.05, 4.69) is 55.1 Å². The van der Waals surface area contributed by atoms with E-state index >= 15 is 0 Å². The van der Waals surface area contributed by atoms with Crippen molar-refractivity contribution >= 4 is 0 Å². The van der Waals surface area contributed by atoms with Crippen LogP contribution in [0.5, 0.6) is 0 Å². The van der Waals surface area contributed by atoms with Crippen molar-refractivity contribution in [3.05, 3.63) is 72.5 Å². The Balaban J connectivity index is 2.13. The maximum absolute atomic E-state index is 5.40. The largest absolute Gasteiger partial charge is 0.501 e. The molecule has 2 aromatic rings. The van der Waals surface area contributed by atoms with Gasteiger partial charge in [-0.05, 0) is 22.3 Å². The first kappa shape index (κ1) is 10.2. The maximum atomic E-state index is 5.40. The summed E-state index contributed by atoms with van der Waals surface area (Å²) in [4.78, 5) is 0. The van der Waals surface area contributed by atoms with Gasteiger partial charge in [-0.2, -0.15) is 0 Å². The molecule has 0 aliphatic heterocycles. The van der Waals surface area contributed by atoms with Crippen molar-refractivity contribution in [2.24, 2.45) is 0 Å². The fourth-order valence-electron chi connectivity index (χ4n) is 2.60. The van der Waals surface area contributed by atoms with Crippen LogP contribution in [0, 0.1) is 0 Å². The van der Waals surface area contributed by atoms with Crippen LogP contribution in [0.3, 0.4) is 0 Å². The average Bonchev–Trinajstić information content (AvgIpc) is 2.71. The van der Waals surface area contributed by atoms with Gasteiger partial charge in [0.2, 0.25) is 0 Å². The van der Waals surface area contributed by atoms with Crippen LogP contribution in [0.4, 0.5) is 0 Å². The molecule has 1 aliphatic carbocycles. The van der Waals surface area contributed by atoms with Gasteiger partial charge < -0.3 is 4.74 Å². The zero-order valence-corrected chi connectivity index (χ0v) is 9.60. The molecule has 0 spiro atoms. The van der Waals surface area contributed by atoms with Gasteiger partial charge in [0.1, 0.15) is 0 Å². The number of ether oxygens (including phenoxy) is 1. The summed E-state index contributed by atoms with van der Waals surface area (Å²) in [5.41, 5.74) is 5.38. The number of hydrogen-bond acceptors (Lipinski definition) is 1. The Morgan fingerprint density at radius 1 is 0.941 bits per heavy atom. The molecule has 0 heterocycles. The van der Waals surface area contributed by atoms with Crippen LogP contribution >= 0.6 is 0 Å². The monoisotopic (exact) mass is 222 g/mol. The third kappa shape index (κ3) is 1.55. The Morgan fingerprint density at radius 3 is 2.00 bits per heavy atom. The molecular weight excluding hydrogens is 208 g/mol. The van der Waals surface area contributed by atoms with E-state index in [1.165, 1.54) is 28.5 Å². The van der Waals surface area contributed by atoms with Gasteiger partial charge in [-0.3, -0.25) is 0 Å². The van der Waals surface area contributed by atoms with Gasteiger partial charge >= 0.3 is 0 Å². The van der Waals surface area contributed by atoms with E-state index in [1.807, 2.05) is 0 Å². The topological polar surface area (TPSA) is 9.23 Å². The summed E-state index contributed by atoms with van der Waals surface area (Å²) in [5, 5.41) is 0. The van der Waals surface area contributed by atoms with Crippen LogP contribution in [0.1, 0.15) is 17.0 Å². The number of hydrogen-bond donors (Lipinski definition) is 0. The Hall–Kier alpha value is -2.02. The van der Waals surface area contributed by atoms with Crippen molar-refractivity contribution < 1.29 is 4.74 Å². The lowest BCUT2D eigenvalue weighted by molar-refractivity contribution is 0.241. The molecule has 3 rings (SSSR count). The highest BCUT2D eigenvalue weighted by molar-refractivity contribution is 5.78. The van der Waals surface area contributed by atoms with Gasteiger partial charge in [0.25, 0.3) is 0 Å². The minimum absolute atomic E-state index is 0.334. The molecule has 2 aromatic carbocycles. The standard InChI is InChI=1S/C16H14O/c1-2-17-11-16-14-9-5-3-7-12(14)13-8-4-6-10-15(13)16/h2-10,16H,1,11H2. The van der Waals surface area contributed by atoms with Crippen molar-refractivity contribution in [1.29, 1.82) is 0 Å². The molecule has 0 aromatic heterocycles. The Morgan fingerprint density at radius 2 is 1.47 bits per heavy atom.